The van der Waals surface area contributed by atoms with E-state index in [2.05, 4.69) is 9.89 Å². The number of rotatable bonds is 6. The van der Waals surface area contributed by atoms with E-state index < -0.39 is 92.4 Å². The van der Waals surface area contributed by atoms with E-state index in [0.717, 1.165) is 5.56 Å². The molecular weight excluding hydrogens is 607 g/mol. The highest BCUT2D eigenvalue weighted by atomic mass is 19.4. The zero-order valence-corrected chi connectivity index (χ0v) is 23.5. The van der Waals surface area contributed by atoms with E-state index in [-0.39, 0.29) is 30.2 Å². The molecule has 0 aliphatic heterocycles. The number of ether oxygens (including phenoxy) is 2. The SMILES string of the molecule is CN(C)[C@@H]1c2onc(OCc3ccccc3)c2C(=O)[C@@]2(O)C(O)=C3C(=O)c4c(O)c([N+](=O)[O-])cc(OC(F)(F)F)c4C[C@H]3C[C@@H]12. The lowest BCUT2D eigenvalue weighted by Gasteiger charge is -2.49. The molecule has 1 heterocycles. The maximum Gasteiger partial charge on any atom is 0.573 e. The quantitative estimate of drug-likeness (QED) is 0.261. The van der Waals surface area contributed by atoms with E-state index >= 15 is 0 Å². The zero-order valence-electron chi connectivity index (χ0n) is 23.5. The van der Waals surface area contributed by atoms with E-state index in [4.69, 9.17) is 9.26 Å². The van der Waals surface area contributed by atoms with Crippen molar-refractivity contribution in [3.8, 4) is 17.4 Å². The molecule has 3 aliphatic carbocycles. The third-order valence-electron chi connectivity index (χ3n) is 8.48. The Morgan fingerprint density at radius 2 is 1.87 bits per heavy atom. The second-order valence-corrected chi connectivity index (χ2v) is 11.2. The highest BCUT2D eigenvalue weighted by Crippen LogP contribution is 2.57. The number of halogens is 3. The summed E-state index contributed by atoms with van der Waals surface area (Å²) in [6, 6.07) is 8.27. The van der Waals surface area contributed by atoms with Crippen LogP contribution in [0.15, 0.2) is 52.3 Å². The lowest BCUT2D eigenvalue weighted by molar-refractivity contribution is -0.386. The van der Waals surface area contributed by atoms with Gasteiger partial charge in [-0.1, -0.05) is 30.3 Å². The molecule has 0 amide bonds. The smallest absolute Gasteiger partial charge is 0.508 e. The number of aromatic nitrogens is 1. The number of hydrogen-bond donors (Lipinski definition) is 3. The number of ketones is 2. The molecule has 6 rings (SSSR count). The van der Waals surface area contributed by atoms with Gasteiger partial charge in [0, 0.05) is 17.1 Å². The van der Waals surface area contributed by atoms with Gasteiger partial charge in [0.1, 0.15) is 23.7 Å². The average Bonchev–Trinajstić information content (AvgIpc) is 3.38. The molecule has 2 aromatic carbocycles. The number of carbonyl (C=O) groups is 2. The van der Waals surface area contributed by atoms with Crippen LogP contribution in [0.5, 0.6) is 17.4 Å². The van der Waals surface area contributed by atoms with E-state index in [9.17, 15) is 48.2 Å². The average molecular weight is 632 g/mol. The number of phenolic OH excluding ortho intramolecular Hbond substituents is 1. The van der Waals surface area contributed by atoms with Crippen LogP contribution in [0.4, 0.5) is 18.9 Å². The summed E-state index contributed by atoms with van der Waals surface area (Å²) in [7, 11) is 3.20. The van der Waals surface area contributed by atoms with Gasteiger partial charge in [0.25, 0.3) is 5.88 Å². The topological polar surface area (TPSA) is 186 Å². The van der Waals surface area contributed by atoms with Crippen LogP contribution in [0.1, 0.15) is 50.1 Å². The second-order valence-electron chi connectivity index (χ2n) is 11.2. The number of nitro benzene ring substituents is 1. The summed E-state index contributed by atoms with van der Waals surface area (Å²) in [5.41, 5.74) is -5.54. The van der Waals surface area contributed by atoms with Crippen molar-refractivity contribution >= 4 is 17.3 Å². The summed E-state index contributed by atoms with van der Waals surface area (Å²) >= 11 is 0. The summed E-state index contributed by atoms with van der Waals surface area (Å²) in [4.78, 5) is 39.8. The first-order chi connectivity index (χ1) is 21.1. The number of allylic oxidation sites excluding steroid dienone is 1. The molecule has 0 saturated carbocycles. The van der Waals surface area contributed by atoms with Gasteiger partial charge in [0.05, 0.1) is 22.6 Å². The van der Waals surface area contributed by atoms with Gasteiger partial charge in [-0.25, -0.2) is 0 Å². The summed E-state index contributed by atoms with van der Waals surface area (Å²) in [6.45, 7) is -0.0353. The van der Waals surface area contributed by atoms with E-state index in [1.54, 1.807) is 49.3 Å². The maximum absolute atomic E-state index is 14.1. The van der Waals surface area contributed by atoms with Crippen LogP contribution < -0.4 is 9.47 Å². The number of aliphatic hydroxyl groups is 2. The molecule has 3 aromatic rings. The Balaban J connectivity index is 1.49. The normalized spacial score (nSPS) is 24.1. The van der Waals surface area contributed by atoms with Crippen LogP contribution in [-0.2, 0) is 13.0 Å². The van der Waals surface area contributed by atoms with Gasteiger partial charge in [-0.3, -0.25) is 24.6 Å². The molecule has 4 atom stereocenters. The molecule has 13 nitrogen and oxygen atoms in total. The van der Waals surface area contributed by atoms with Crippen molar-refractivity contribution in [3.63, 3.8) is 0 Å². The Hall–Kier alpha value is -4.96. The monoisotopic (exact) mass is 631 g/mol. The minimum atomic E-state index is -5.30. The van der Waals surface area contributed by atoms with Crippen LogP contribution in [0.2, 0.25) is 0 Å². The molecule has 0 radical (unpaired) electrons. The first kappa shape index (κ1) is 30.1. The Labute approximate surface area is 251 Å². The minimum Gasteiger partial charge on any atom is -0.508 e. The fraction of sp³-hybridized carbons (Fsp3) is 0.345. The molecule has 45 heavy (non-hydrogen) atoms. The third kappa shape index (κ3) is 4.59. The molecule has 0 bridgehead atoms. The Morgan fingerprint density at radius 3 is 2.49 bits per heavy atom. The highest BCUT2D eigenvalue weighted by molar-refractivity contribution is 6.16. The Bertz CT molecular complexity index is 1790. The molecule has 0 saturated heterocycles. The fourth-order valence-electron chi connectivity index (χ4n) is 6.63. The predicted molar refractivity (Wildman–Crippen MR) is 144 cm³/mol. The number of carbonyl (C=O) groups excluding carboxylic acids is 2. The summed E-state index contributed by atoms with van der Waals surface area (Å²) < 4.78 is 55.2. The molecular formula is C29H24F3N3O10. The number of benzene rings is 2. The molecule has 1 aromatic heterocycles. The molecule has 0 fully saturated rings. The summed E-state index contributed by atoms with van der Waals surface area (Å²) in [5.74, 6) is -8.39. The van der Waals surface area contributed by atoms with Gasteiger partial charge in [0.2, 0.25) is 11.5 Å². The van der Waals surface area contributed by atoms with Gasteiger partial charge in [-0.05, 0) is 43.6 Å². The largest absolute Gasteiger partial charge is 0.573 e. The number of Topliss-reactive ketones (excluding diaryl/α,β-unsaturated/α-hetero) is 2. The number of nitro groups is 1. The van der Waals surface area contributed by atoms with Crippen LogP contribution in [0.3, 0.4) is 0 Å². The Kier molecular flexibility index (Phi) is 6.89. The lowest BCUT2D eigenvalue weighted by atomic mass is 9.58. The van der Waals surface area contributed by atoms with Gasteiger partial charge in [-0.2, -0.15) is 0 Å². The van der Waals surface area contributed by atoms with Crippen molar-refractivity contribution in [2.45, 2.75) is 37.5 Å². The number of aliphatic hydroxyl groups excluding tert-OH is 1. The highest BCUT2D eigenvalue weighted by Gasteiger charge is 2.64. The number of aromatic hydroxyl groups is 1. The summed E-state index contributed by atoms with van der Waals surface area (Å²) in [6.07, 6.45) is -6.01. The van der Waals surface area contributed by atoms with Crippen LogP contribution in [-0.4, -0.2) is 67.9 Å². The Morgan fingerprint density at radius 1 is 1.18 bits per heavy atom. The first-order valence-corrected chi connectivity index (χ1v) is 13.5. The van der Waals surface area contributed by atoms with E-state index in [1.165, 1.54) is 0 Å². The number of phenols is 1. The number of nitrogens with zero attached hydrogens (tertiary/aromatic N) is 3. The van der Waals surface area contributed by atoms with Gasteiger partial charge >= 0.3 is 12.0 Å². The van der Waals surface area contributed by atoms with Gasteiger partial charge in [0.15, 0.2) is 17.1 Å². The predicted octanol–water partition coefficient (Wildman–Crippen LogP) is 4.18. The number of alkyl halides is 3. The van der Waals surface area contributed by atoms with Crippen molar-refractivity contribution in [2.75, 3.05) is 14.1 Å². The molecule has 3 aliphatic rings. The van der Waals surface area contributed by atoms with Crippen LogP contribution >= 0.6 is 0 Å². The zero-order chi connectivity index (χ0) is 32.6. The fourth-order valence-corrected chi connectivity index (χ4v) is 6.63. The molecule has 3 N–H and O–H groups in total. The minimum absolute atomic E-state index is 0.0101. The van der Waals surface area contributed by atoms with Gasteiger partial charge in [-0.15, -0.1) is 13.2 Å². The van der Waals surface area contributed by atoms with Crippen molar-refractivity contribution in [1.29, 1.82) is 0 Å². The first-order valence-electron chi connectivity index (χ1n) is 13.5. The lowest BCUT2D eigenvalue weighted by Crippen LogP contribution is -2.59. The number of fused-ring (bicyclic) bond motifs is 4. The summed E-state index contributed by atoms with van der Waals surface area (Å²) in [5, 5.41) is 49.7. The van der Waals surface area contributed by atoms with Crippen molar-refractivity contribution in [2.24, 2.45) is 11.8 Å². The van der Waals surface area contributed by atoms with Gasteiger partial charge < -0.3 is 29.3 Å². The molecule has 16 heteroatoms. The van der Waals surface area contributed by atoms with Crippen LogP contribution in [0.25, 0.3) is 0 Å². The third-order valence-corrected chi connectivity index (χ3v) is 8.48. The van der Waals surface area contributed by atoms with E-state index in [0.29, 0.717) is 6.07 Å². The number of hydrogen-bond acceptors (Lipinski definition) is 12. The standard InChI is InChI=1S/C29H24F3N3O10/c1-34(2)21-15-9-13-8-14-17(44-29(30,31)32)10-16(35(41)42)22(36)19(14)23(37)18(13)25(38)28(15,40)26(39)20-24(21)45-33-27(20)43-11-12-6-4-3-5-7-12/h3-7,10,13,15,21,36,38,40H,8-9,11H2,1-2H3/t13-,15-,21-,28-/m0/s1. The van der Waals surface area contributed by atoms with Crippen molar-refractivity contribution in [3.05, 3.63) is 85.9 Å². The molecule has 0 unspecified atom stereocenters. The van der Waals surface area contributed by atoms with Crippen molar-refractivity contribution in [1.82, 2.24) is 10.1 Å². The van der Waals surface area contributed by atoms with E-state index in [1.807, 2.05) is 0 Å². The molecule has 236 valence electrons. The second kappa shape index (κ2) is 10.3. The maximum atomic E-state index is 14.1. The van der Waals surface area contributed by atoms with Crippen molar-refractivity contribution < 1.29 is 57.0 Å². The van der Waals surface area contributed by atoms with Crippen LogP contribution in [0, 0.1) is 22.0 Å². The molecule has 0 spiro atoms.